The average molecular weight is 478 g/mol. The van der Waals surface area contributed by atoms with Gasteiger partial charge in [0.05, 0.1) is 11.1 Å². The second kappa shape index (κ2) is 13.2. The van der Waals surface area contributed by atoms with Crippen molar-refractivity contribution >= 4 is 29.8 Å². The first-order valence-corrected chi connectivity index (χ1v) is 12.1. The second-order valence-electron chi connectivity index (χ2n) is 7.62. The minimum atomic E-state index is -0.407. The zero-order chi connectivity index (χ0) is 24.2. The molecule has 0 saturated carbocycles. The molecule has 0 aliphatic heterocycles. The minimum Gasteiger partial charge on any atom is -0.357 e. The summed E-state index contributed by atoms with van der Waals surface area (Å²) in [5.74, 6) is 1.31. The van der Waals surface area contributed by atoms with Crippen molar-refractivity contribution < 1.29 is 14.6 Å². The Bertz CT molecular complexity index is 1120. The number of benzene rings is 3. The fraction of sp³-hybridized carbons (Fsp3) is 0.231. The highest BCUT2D eigenvalue weighted by Crippen LogP contribution is 2.24. The summed E-state index contributed by atoms with van der Waals surface area (Å²) in [5, 5.41) is 15.0. The van der Waals surface area contributed by atoms with Gasteiger partial charge < -0.3 is 4.84 Å². The number of rotatable bonds is 12. The molecule has 0 saturated heterocycles. The fourth-order valence-electron chi connectivity index (χ4n) is 3.15. The summed E-state index contributed by atoms with van der Waals surface area (Å²) in [5.41, 5.74) is 3.08. The molecule has 1 N–H and O–H groups in total. The Hall–Kier alpha value is -3.65. The van der Waals surface area contributed by atoms with Gasteiger partial charge in [-0.2, -0.15) is 0 Å². The SMILES string of the molecule is CCCCCCSNC(=O)c1ccc(O/N=C/c2ccc(-c3cccc([N+](=O)[O-])c3)cc2)cc1. The van der Waals surface area contributed by atoms with Crippen molar-refractivity contribution in [2.45, 2.75) is 32.6 Å². The van der Waals surface area contributed by atoms with Crippen LogP contribution in [-0.4, -0.2) is 22.8 Å². The molecule has 3 aromatic rings. The maximum Gasteiger partial charge on any atom is 0.270 e. The summed E-state index contributed by atoms with van der Waals surface area (Å²) in [6.07, 6.45) is 6.29. The van der Waals surface area contributed by atoms with Gasteiger partial charge in [-0.3, -0.25) is 19.6 Å². The van der Waals surface area contributed by atoms with Gasteiger partial charge in [0.15, 0.2) is 5.75 Å². The van der Waals surface area contributed by atoms with E-state index in [0.29, 0.717) is 11.3 Å². The number of hydrogen-bond donors (Lipinski definition) is 1. The third kappa shape index (κ3) is 7.74. The number of oxime groups is 1. The molecule has 3 rings (SSSR count). The van der Waals surface area contributed by atoms with Gasteiger partial charge in [-0.1, -0.05) is 79.7 Å². The van der Waals surface area contributed by atoms with Crippen LogP contribution in [0.3, 0.4) is 0 Å². The minimum absolute atomic E-state index is 0.0567. The summed E-state index contributed by atoms with van der Waals surface area (Å²) in [6, 6.07) is 20.8. The number of unbranched alkanes of at least 4 members (excludes halogenated alkanes) is 3. The van der Waals surface area contributed by atoms with Crippen LogP contribution in [0.1, 0.15) is 48.5 Å². The van der Waals surface area contributed by atoms with Crippen molar-refractivity contribution in [2.75, 3.05) is 5.75 Å². The number of nitro benzene ring substituents is 1. The van der Waals surface area contributed by atoms with E-state index in [-0.39, 0.29) is 11.6 Å². The van der Waals surface area contributed by atoms with Gasteiger partial charge in [0, 0.05) is 23.4 Å². The van der Waals surface area contributed by atoms with Gasteiger partial charge >= 0.3 is 0 Å². The third-order valence-electron chi connectivity index (χ3n) is 5.04. The standard InChI is InChI=1S/C26H27N3O4S/c1-2-3-4-5-17-34-28-26(30)22-13-15-25(16-14-22)33-27-19-20-9-11-21(12-10-20)23-7-6-8-24(18-23)29(31)32/h6-16,18-19H,2-5,17H2,1H3,(H,28,30)/b27-19+. The predicted molar refractivity (Wildman–Crippen MR) is 137 cm³/mol. The summed E-state index contributed by atoms with van der Waals surface area (Å²) in [7, 11) is 0. The maximum absolute atomic E-state index is 12.2. The second-order valence-corrected chi connectivity index (χ2v) is 8.52. The number of nitro groups is 1. The first-order chi connectivity index (χ1) is 16.6. The largest absolute Gasteiger partial charge is 0.357 e. The van der Waals surface area contributed by atoms with Crippen LogP contribution in [0.15, 0.2) is 78.0 Å². The van der Waals surface area contributed by atoms with E-state index in [1.54, 1.807) is 42.6 Å². The zero-order valence-corrected chi connectivity index (χ0v) is 19.8. The van der Waals surface area contributed by atoms with E-state index in [1.165, 1.54) is 37.3 Å². The molecule has 0 unspecified atom stereocenters. The summed E-state index contributed by atoms with van der Waals surface area (Å²) in [6.45, 7) is 2.18. The predicted octanol–water partition coefficient (Wildman–Crippen LogP) is 6.63. The maximum atomic E-state index is 12.2. The van der Waals surface area contributed by atoms with E-state index >= 15 is 0 Å². The molecule has 0 aromatic heterocycles. The Kier molecular flexibility index (Phi) is 9.66. The number of nitrogens with zero attached hydrogens (tertiary/aromatic N) is 2. The molecule has 0 atom stereocenters. The number of nitrogens with one attached hydrogen (secondary N) is 1. The highest BCUT2D eigenvalue weighted by molar-refractivity contribution is 7.97. The van der Waals surface area contributed by atoms with Gasteiger partial charge in [-0.05, 0) is 47.4 Å². The molecule has 1 amide bonds. The van der Waals surface area contributed by atoms with Gasteiger partial charge in [0.25, 0.3) is 11.6 Å². The summed E-state index contributed by atoms with van der Waals surface area (Å²) < 4.78 is 2.86. The highest BCUT2D eigenvalue weighted by atomic mass is 32.2. The lowest BCUT2D eigenvalue weighted by Gasteiger charge is -2.05. The van der Waals surface area contributed by atoms with Crippen molar-refractivity contribution in [1.29, 1.82) is 0 Å². The number of carbonyl (C=O) groups excluding carboxylic acids is 1. The van der Waals surface area contributed by atoms with Gasteiger partial charge in [0.1, 0.15) is 0 Å². The topological polar surface area (TPSA) is 93.8 Å². The number of non-ortho nitro benzene ring substituents is 1. The molecular formula is C26H27N3O4S. The van der Waals surface area contributed by atoms with Crippen molar-refractivity contribution in [1.82, 2.24) is 4.72 Å². The molecule has 3 aromatic carbocycles. The van der Waals surface area contributed by atoms with E-state index in [1.807, 2.05) is 30.3 Å². The van der Waals surface area contributed by atoms with Crippen LogP contribution in [0.2, 0.25) is 0 Å². The molecule has 0 fully saturated rings. The highest BCUT2D eigenvalue weighted by Gasteiger charge is 2.07. The lowest BCUT2D eigenvalue weighted by atomic mass is 10.0. The molecule has 34 heavy (non-hydrogen) atoms. The average Bonchev–Trinajstić information content (AvgIpc) is 2.87. The van der Waals surface area contributed by atoms with Crippen molar-refractivity contribution in [3.05, 3.63) is 94.0 Å². The molecule has 8 heteroatoms. The van der Waals surface area contributed by atoms with Crippen LogP contribution in [-0.2, 0) is 0 Å². The molecule has 0 spiro atoms. The van der Waals surface area contributed by atoms with Crippen LogP contribution in [0.25, 0.3) is 11.1 Å². The van der Waals surface area contributed by atoms with Crippen molar-refractivity contribution in [3.63, 3.8) is 0 Å². The van der Waals surface area contributed by atoms with E-state index in [0.717, 1.165) is 28.9 Å². The number of amides is 1. The Morgan fingerprint density at radius 2 is 1.79 bits per heavy atom. The van der Waals surface area contributed by atoms with Crippen LogP contribution < -0.4 is 9.56 Å². The van der Waals surface area contributed by atoms with Crippen LogP contribution in [0.5, 0.6) is 5.75 Å². The summed E-state index contributed by atoms with van der Waals surface area (Å²) >= 11 is 1.44. The van der Waals surface area contributed by atoms with Crippen molar-refractivity contribution in [3.8, 4) is 16.9 Å². The number of hydrogen-bond acceptors (Lipinski definition) is 6. The smallest absolute Gasteiger partial charge is 0.270 e. The van der Waals surface area contributed by atoms with Crippen LogP contribution in [0, 0.1) is 10.1 Å². The van der Waals surface area contributed by atoms with E-state index in [4.69, 9.17) is 4.84 Å². The van der Waals surface area contributed by atoms with E-state index in [9.17, 15) is 14.9 Å². The molecule has 0 radical (unpaired) electrons. The lowest BCUT2D eigenvalue weighted by Crippen LogP contribution is -2.16. The Balaban J connectivity index is 1.48. The molecule has 0 aliphatic rings. The Morgan fingerprint density at radius 1 is 1.03 bits per heavy atom. The first-order valence-electron chi connectivity index (χ1n) is 11.1. The quantitative estimate of drug-likeness (QED) is 0.104. The van der Waals surface area contributed by atoms with Crippen molar-refractivity contribution in [2.24, 2.45) is 5.16 Å². The normalized spacial score (nSPS) is 10.9. The lowest BCUT2D eigenvalue weighted by molar-refractivity contribution is -0.384. The Morgan fingerprint density at radius 3 is 2.50 bits per heavy atom. The molecule has 0 bridgehead atoms. The number of carbonyl (C=O) groups is 1. The molecule has 176 valence electrons. The monoisotopic (exact) mass is 477 g/mol. The first kappa shape index (κ1) is 25.0. The van der Waals surface area contributed by atoms with E-state index < -0.39 is 4.92 Å². The molecule has 0 heterocycles. The van der Waals surface area contributed by atoms with E-state index in [2.05, 4.69) is 16.8 Å². The van der Waals surface area contributed by atoms with Gasteiger partial charge in [-0.15, -0.1) is 0 Å². The van der Waals surface area contributed by atoms with Gasteiger partial charge in [-0.25, -0.2) is 0 Å². The zero-order valence-electron chi connectivity index (χ0n) is 19.0. The summed E-state index contributed by atoms with van der Waals surface area (Å²) in [4.78, 5) is 28.1. The van der Waals surface area contributed by atoms with Gasteiger partial charge in [0.2, 0.25) is 0 Å². The molecule has 7 nitrogen and oxygen atoms in total. The molecular weight excluding hydrogens is 450 g/mol. The van der Waals surface area contributed by atoms with Crippen LogP contribution in [0.4, 0.5) is 5.69 Å². The molecule has 0 aliphatic carbocycles. The fourth-order valence-corrected chi connectivity index (χ4v) is 3.85. The Labute approximate surface area is 203 Å². The van der Waals surface area contributed by atoms with Crippen LogP contribution >= 0.6 is 11.9 Å². The third-order valence-corrected chi connectivity index (χ3v) is 5.86.